The minimum Gasteiger partial charge on any atom is -0.373 e. The predicted octanol–water partition coefficient (Wildman–Crippen LogP) is 2.15. The summed E-state index contributed by atoms with van der Waals surface area (Å²) in [7, 11) is 1.74. The smallest absolute Gasteiger partial charge is 0.270 e. The molecule has 1 aromatic carbocycles. The first-order valence-corrected chi connectivity index (χ1v) is 5.35. The number of rotatable bonds is 5. The third-order valence-electron chi connectivity index (χ3n) is 2.54. The molecule has 18 heavy (non-hydrogen) atoms. The highest BCUT2D eigenvalue weighted by Gasteiger charge is 2.16. The number of nitro benzene ring substituents is 1. The summed E-state index contributed by atoms with van der Waals surface area (Å²) in [6.45, 7) is 1.83. The SMILES string of the molecule is CC(=O)c1cc([N+](=O)[O-])ccc1N(C)CCC#N. The van der Waals surface area contributed by atoms with E-state index in [0.29, 0.717) is 24.2 Å². The lowest BCUT2D eigenvalue weighted by Gasteiger charge is -2.20. The second kappa shape index (κ2) is 5.77. The van der Waals surface area contributed by atoms with Crippen molar-refractivity contribution < 1.29 is 9.72 Å². The lowest BCUT2D eigenvalue weighted by Crippen LogP contribution is -2.20. The molecule has 1 rings (SSSR count). The van der Waals surface area contributed by atoms with E-state index >= 15 is 0 Å². The molecule has 0 aromatic heterocycles. The number of nitro groups is 1. The standard InChI is InChI=1S/C12H13N3O3/c1-9(16)11-8-10(15(17)18)4-5-12(11)14(2)7-3-6-13/h4-5,8H,3,7H2,1-2H3. The van der Waals surface area contributed by atoms with Crippen molar-refractivity contribution in [1.82, 2.24) is 0 Å². The minimum absolute atomic E-state index is 0.113. The summed E-state index contributed by atoms with van der Waals surface area (Å²) < 4.78 is 0. The minimum atomic E-state index is -0.536. The van der Waals surface area contributed by atoms with Crippen LogP contribution >= 0.6 is 0 Å². The molecule has 1 aromatic rings. The van der Waals surface area contributed by atoms with Gasteiger partial charge in [0.25, 0.3) is 5.69 Å². The zero-order valence-corrected chi connectivity index (χ0v) is 10.2. The first-order valence-electron chi connectivity index (χ1n) is 5.35. The van der Waals surface area contributed by atoms with Gasteiger partial charge in [0.05, 0.1) is 17.4 Å². The molecule has 6 heteroatoms. The Morgan fingerprint density at radius 3 is 2.72 bits per heavy atom. The normalized spacial score (nSPS) is 9.61. The van der Waals surface area contributed by atoms with Crippen LogP contribution in [0.1, 0.15) is 23.7 Å². The third kappa shape index (κ3) is 3.04. The number of nitrogens with zero attached hydrogens (tertiary/aromatic N) is 3. The van der Waals surface area contributed by atoms with E-state index in [-0.39, 0.29) is 11.5 Å². The number of carbonyl (C=O) groups is 1. The third-order valence-corrected chi connectivity index (χ3v) is 2.54. The van der Waals surface area contributed by atoms with Crippen molar-refractivity contribution in [3.63, 3.8) is 0 Å². The number of benzene rings is 1. The van der Waals surface area contributed by atoms with Gasteiger partial charge in [-0.15, -0.1) is 0 Å². The number of Topliss-reactive ketones (excluding diaryl/α,β-unsaturated/α-hetero) is 1. The molecule has 0 saturated heterocycles. The molecule has 0 saturated carbocycles. The van der Waals surface area contributed by atoms with Gasteiger partial charge in [0.15, 0.2) is 5.78 Å². The monoisotopic (exact) mass is 247 g/mol. The maximum atomic E-state index is 11.5. The average Bonchev–Trinajstić information content (AvgIpc) is 2.34. The Balaban J connectivity index is 3.16. The van der Waals surface area contributed by atoms with Crippen LogP contribution in [-0.4, -0.2) is 24.3 Å². The average molecular weight is 247 g/mol. The lowest BCUT2D eigenvalue weighted by molar-refractivity contribution is -0.384. The molecule has 0 aliphatic rings. The molecule has 0 radical (unpaired) electrons. The maximum absolute atomic E-state index is 11.5. The second-order valence-electron chi connectivity index (χ2n) is 3.84. The van der Waals surface area contributed by atoms with Gasteiger partial charge in [-0.2, -0.15) is 5.26 Å². The number of hydrogen-bond donors (Lipinski definition) is 0. The lowest BCUT2D eigenvalue weighted by atomic mass is 10.1. The summed E-state index contributed by atoms with van der Waals surface area (Å²) in [5.74, 6) is -0.238. The van der Waals surface area contributed by atoms with Crippen LogP contribution < -0.4 is 4.90 Å². The fourth-order valence-corrected chi connectivity index (χ4v) is 1.59. The Hall–Kier alpha value is -2.42. The van der Waals surface area contributed by atoms with E-state index < -0.39 is 4.92 Å². The Morgan fingerprint density at radius 2 is 2.22 bits per heavy atom. The molecule has 0 fully saturated rings. The summed E-state index contributed by atoms with van der Waals surface area (Å²) in [5, 5.41) is 19.2. The van der Waals surface area contributed by atoms with E-state index in [1.807, 2.05) is 6.07 Å². The molecule has 0 unspecified atom stereocenters. The first kappa shape index (κ1) is 13.6. The molecule has 94 valence electrons. The fraction of sp³-hybridized carbons (Fsp3) is 0.333. The van der Waals surface area contributed by atoms with E-state index in [1.54, 1.807) is 11.9 Å². The molecule has 0 atom stereocenters. The van der Waals surface area contributed by atoms with Crippen molar-refractivity contribution in [2.75, 3.05) is 18.5 Å². The zero-order valence-electron chi connectivity index (χ0n) is 10.2. The number of carbonyl (C=O) groups excluding carboxylic acids is 1. The highest BCUT2D eigenvalue weighted by atomic mass is 16.6. The Labute approximate surface area is 105 Å². The number of ketones is 1. The van der Waals surface area contributed by atoms with Crippen molar-refractivity contribution in [3.8, 4) is 6.07 Å². The molecule has 0 amide bonds. The van der Waals surface area contributed by atoms with Crippen molar-refractivity contribution in [3.05, 3.63) is 33.9 Å². The van der Waals surface area contributed by atoms with Gasteiger partial charge in [-0.3, -0.25) is 14.9 Å². The molecule has 0 heterocycles. The van der Waals surface area contributed by atoms with Crippen molar-refractivity contribution in [2.45, 2.75) is 13.3 Å². The summed E-state index contributed by atoms with van der Waals surface area (Å²) in [6, 6.07) is 6.16. The number of anilines is 1. The van der Waals surface area contributed by atoms with Gasteiger partial charge < -0.3 is 4.90 Å². The largest absolute Gasteiger partial charge is 0.373 e. The molecule has 0 bridgehead atoms. The van der Waals surface area contributed by atoms with E-state index in [9.17, 15) is 14.9 Å². The quantitative estimate of drug-likeness (QED) is 0.452. The highest BCUT2D eigenvalue weighted by molar-refractivity contribution is 6.00. The van der Waals surface area contributed by atoms with Crippen LogP contribution in [0, 0.1) is 21.4 Å². The van der Waals surface area contributed by atoms with E-state index in [4.69, 9.17) is 5.26 Å². The van der Waals surface area contributed by atoms with Crippen LogP contribution in [-0.2, 0) is 0 Å². The Kier molecular flexibility index (Phi) is 4.38. The molecule has 0 N–H and O–H groups in total. The topological polar surface area (TPSA) is 87.2 Å². The number of non-ortho nitro benzene ring substituents is 1. The van der Waals surface area contributed by atoms with E-state index in [1.165, 1.54) is 25.1 Å². The van der Waals surface area contributed by atoms with Crippen LogP contribution in [0.5, 0.6) is 0 Å². The molecular weight excluding hydrogens is 234 g/mol. The molecule has 0 spiro atoms. The summed E-state index contributed by atoms with van der Waals surface area (Å²) in [5.41, 5.74) is 0.783. The molecular formula is C12H13N3O3. The zero-order chi connectivity index (χ0) is 13.7. The van der Waals surface area contributed by atoms with Crippen LogP contribution in [0.3, 0.4) is 0 Å². The summed E-state index contributed by atoms with van der Waals surface area (Å²) in [4.78, 5) is 23.4. The van der Waals surface area contributed by atoms with Gasteiger partial charge in [0.2, 0.25) is 0 Å². The van der Waals surface area contributed by atoms with Gasteiger partial charge in [-0.05, 0) is 13.0 Å². The Morgan fingerprint density at radius 1 is 1.56 bits per heavy atom. The Bertz CT molecular complexity index is 520. The van der Waals surface area contributed by atoms with Crippen molar-refractivity contribution >= 4 is 17.2 Å². The van der Waals surface area contributed by atoms with Gasteiger partial charge in [0.1, 0.15) is 0 Å². The van der Waals surface area contributed by atoms with Crippen molar-refractivity contribution in [1.29, 1.82) is 5.26 Å². The highest BCUT2D eigenvalue weighted by Crippen LogP contribution is 2.25. The molecule has 6 nitrogen and oxygen atoms in total. The maximum Gasteiger partial charge on any atom is 0.270 e. The van der Waals surface area contributed by atoms with Crippen LogP contribution in [0.2, 0.25) is 0 Å². The van der Waals surface area contributed by atoms with Crippen molar-refractivity contribution in [2.24, 2.45) is 0 Å². The van der Waals surface area contributed by atoms with E-state index in [0.717, 1.165) is 0 Å². The second-order valence-corrected chi connectivity index (χ2v) is 3.84. The first-order chi connectivity index (χ1) is 8.47. The van der Waals surface area contributed by atoms with Gasteiger partial charge in [-0.1, -0.05) is 0 Å². The van der Waals surface area contributed by atoms with E-state index in [2.05, 4.69) is 0 Å². The molecule has 0 aliphatic heterocycles. The van der Waals surface area contributed by atoms with Crippen LogP contribution in [0.4, 0.5) is 11.4 Å². The number of hydrogen-bond acceptors (Lipinski definition) is 5. The van der Waals surface area contributed by atoms with Crippen LogP contribution in [0.25, 0.3) is 0 Å². The summed E-state index contributed by atoms with van der Waals surface area (Å²) in [6.07, 6.45) is 0.324. The molecule has 0 aliphatic carbocycles. The summed E-state index contributed by atoms with van der Waals surface area (Å²) >= 11 is 0. The van der Waals surface area contributed by atoms with Gasteiger partial charge in [-0.25, -0.2) is 0 Å². The number of nitriles is 1. The van der Waals surface area contributed by atoms with Gasteiger partial charge >= 0.3 is 0 Å². The van der Waals surface area contributed by atoms with Gasteiger partial charge in [0, 0.05) is 37.0 Å². The predicted molar refractivity (Wildman–Crippen MR) is 66.6 cm³/mol. The van der Waals surface area contributed by atoms with Crippen LogP contribution in [0.15, 0.2) is 18.2 Å². The fourth-order valence-electron chi connectivity index (χ4n) is 1.59.